The fourth-order valence-corrected chi connectivity index (χ4v) is 4.55. The van der Waals surface area contributed by atoms with Gasteiger partial charge in [0, 0.05) is 37.2 Å². The molecule has 0 aliphatic carbocycles. The maximum Gasteiger partial charge on any atom is 0.350 e. The predicted octanol–water partition coefficient (Wildman–Crippen LogP) is 3.02. The molecule has 1 atom stereocenters. The fourth-order valence-electron chi connectivity index (χ4n) is 3.62. The third-order valence-corrected chi connectivity index (χ3v) is 6.45. The van der Waals surface area contributed by atoms with E-state index in [0.29, 0.717) is 59.5 Å². The van der Waals surface area contributed by atoms with Gasteiger partial charge in [0.15, 0.2) is 5.01 Å². The Morgan fingerprint density at radius 1 is 1.26 bits per heavy atom. The van der Waals surface area contributed by atoms with Gasteiger partial charge in [-0.25, -0.2) is 9.78 Å². The lowest BCUT2D eigenvalue weighted by atomic mass is 10.1. The lowest BCUT2D eigenvalue weighted by Crippen LogP contribution is -2.38. The van der Waals surface area contributed by atoms with Crippen molar-refractivity contribution in [2.75, 3.05) is 19.7 Å². The first-order valence-electron chi connectivity index (χ1n) is 11.0. The van der Waals surface area contributed by atoms with Gasteiger partial charge in [-0.2, -0.15) is 4.98 Å². The zero-order chi connectivity index (χ0) is 24.2. The van der Waals surface area contributed by atoms with Crippen molar-refractivity contribution >= 4 is 29.1 Å². The Labute approximate surface area is 200 Å². The molecule has 4 rings (SSSR count). The van der Waals surface area contributed by atoms with Crippen molar-refractivity contribution in [2.45, 2.75) is 39.7 Å². The summed E-state index contributed by atoms with van der Waals surface area (Å²) in [4.78, 5) is 48.4. The Balaban J connectivity index is 1.37. The van der Waals surface area contributed by atoms with Crippen LogP contribution >= 0.6 is 11.3 Å². The van der Waals surface area contributed by atoms with Crippen molar-refractivity contribution in [3.05, 3.63) is 51.3 Å². The molecule has 11 heteroatoms. The molecule has 34 heavy (non-hydrogen) atoms. The first-order chi connectivity index (χ1) is 16.4. The highest BCUT2D eigenvalue weighted by atomic mass is 32.1. The number of carbonyl (C=O) groups is 3. The number of nitrogens with one attached hydrogen (secondary N) is 1. The molecule has 1 aliphatic heterocycles. The molecular formula is C23H25N5O5S. The van der Waals surface area contributed by atoms with Crippen LogP contribution in [0.3, 0.4) is 0 Å². The number of hydrogen-bond acceptors (Lipinski definition) is 9. The molecule has 0 spiro atoms. The monoisotopic (exact) mass is 483 g/mol. The summed E-state index contributed by atoms with van der Waals surface area (Å²) in [6.45, 7) is 6.47. The molecule has 3 heterocycles. The number of carbonyl (C=O) groups excluding carboxylic acids is 3. The molecule has 2 amide bonds. The number of aromatic nitrogens is 3. The summed E-state index contributed by atoms with van der Waals surface area (Å²) in [5.41, 5.74) is 1.63. The van der Waals surface area contributed by atoms with Gasteiger partial charge in [0.1, 0.15) is 4.88 Å². The summed E-state index contributed by atoms with van der Waals surface area (Å²) in [7, 11) is 0. The third kappa shape index (κ3) is 5.14. The van der Waals surface area contributed by atoms with E-state index in [0.717, 1.165) is 17.8 Å². The van der Waals surface area contributed by atoms with Gasteiger partial charge < -0.3 is 19.5 Å². The van der Waals surface area contributed by atoms with Gasteiger partial charge in [-0.05, 0) is 31.9 Å². The predicted molar refractivity (Wildman–Crippen MR) is 124 cm³/mol. The summed E-state index contributed by atoms with van der Waals surface area (Å²) >= 11 is 1.04. The maximum absolute atomic E-state index is 12.9. The molecule has 3 aromatic rings. The Morgan fingerprint density at radius 3 is 2.82 bits per heavy atom. The average Bonchev–Trinajstić information content (AvgIpc) is 3.57. The summed E-state index contributed by atoms with van der Waals surface area (Å²) in [5.74, 6) is -0.0932. The molecule has 0 bridgehead atoms. The molecular weight excluding hydrogens is 458 g/mol. The molecule has 1 N–H and O–H groups in total. The standard InChI is InChI=1S/C23H25N5O5S/c1-4-10-32-23(31)18-13(2)24-21(34-18)22(30)28-9-8-17(12-28)26-20(29)16-7-5-6-15(11-16)19-25-14(3)33-27-19/h5-7,11,17H,4,8-10,12H2,1-3H3,(H,26,29)/t17-/m1/s1. The molecule has 178 valence electrons. The summed E-state index contributed by atoms with van der Waals surface area (Å²) in [6.07, 6.45) is 1.34. The number of hydrogen-bond donors (Lipinski definition) is 1. The number of thiazole rings is 1. The zero-order valence-corrected chi connectivity index (χ0v) is 20.0. The first-order valence-corrected chi connectivity index (χ1v) is 11.8. The quantitative estimate of drug-likeness (QED) is 0.508. The van der Waals surface area contributed by atoms with Crippen LogP contribution in [0.1, 0.15) is 61.2 Å². The van der Waals surface area contributed by atoms with Gasteiger partial charge in [0.2, 0.25) is 11.7 Å². The van der Waals surface area contributed by atoms with Gasteiger partial charge in [-0.1, -0.05) is 24.2 Å². The topological polar surface area (TPSA) is 128 Å². The normalized spacial score (nSPS) is 15.4. The van der Waals surface area contributed by atoms with Crippen molar-refractivity contribution in [2.24, 2.45) is 0 Å². The highest BCUT2D eigenvalue weighted by Crippen LogP contribution is 2.23. The van der Waals surface area contributed by atoms with Crippen LogP contribution in [0.5, 0.6) is 0 Å². The Morgan fingerprint density at radius 2 is 2.09 bits per heavy atom. The van der Waals surface area contributed by atoms with Crippen LogP contribution in [0.2, 0.25) is 0 Å². The van der Waals surface area contributed by atoms with Gasteiger partial charge >= 0.3 is 5.97 Å². The molecule has 1 saturated heterocycles. The minimum absolute atomic E-state index is 0.192. The van der Waals surface area contributed by atoms with E-state index < -0.39 is 5.97 Å². The Hall–Kier alpha value is -3.60. The Bertz CT molecular complexity index is 1220. The molecule has 1 fully saturated rings. The van der Waals surface area contributed by atoms with Crippen molar-refractivity contribution < 1.29 is 23.6 Å². The number of amides is 2. The van der Waals surface area contributed by atoms with Gasteiger partial charge in [0.25, 0.3) is 11.8 Å². The number of ether oxygens (including phenoxy) is 1. The summed E-state index contributed by atoms with van der Waals surface area (Å²) in [5, 5.41) is 7.12. The van der Waals surface area contributed by atoms with Crippen LogP contribution < -0.4 is 5.32 Å². The number of likely N-dealkylation sites (tertiary alicyclic amines) is 1. The molecule has 10 nitrogen and oxygen atoms in total. The van der Waals surface area contributed by atoms with Crippen molar-refractivity contribution in [3.63, 3.8) is 0 Å². The van der Waals surface area contributed by atoms with Crippen molar-refractivity contribution in [1.82, 2.24) is 25.3 Å². The second-order valence-corrected chi connectivity index (χ2v) is 9.00. The van der Waals surface area contributed by atoms with E-state index >= 15 is 0 Å². The highest BCUT2D eigenvalue weighted by Gasteiger charge is 2.31. The first kappa shape index (κ1) is 23.6. The van der Waals surface area contributed by atoms with Crippen molar-refractivity contribution in [1.29, 1.82) is 0 Å². The SMILES string of the molecule is CCCOC(=O)c1sc(C(=O)N2CC[C@@H](NC(=O)c3cccc(-c4noc(C)n4)c3)C2)nc1C. The fraction of sp³-hybridized carbons (Fsp3) is 0.391. The van der Waals surface area contributed by atoms with E-state index in [-0.39, 0.29) is 22.9 Å². The van der Waals surface area contributed by atoms with E-state index in [9.17, 15) is 14.4 Å². The van der Waals surface area contributed by atoms with Crippen LogP contribution in [-0.4, -0.2) is 63.5 Å². The van der Waals surface area contributed by atoms with Crippen molar-refractivity contribution in [3.8, 4) is 11.4 Å². The van der Waals surface area contributed by atoms with Crippen LogP contribution in [0.4, 0.5) is 0 Å². The van der Waals surface area contributed by atoms with E-state index in [1.807, 2.05) is 6.92 Å². The minimum atomic E-state index is -0.458. The van der Waals surface area contributed by atoms with Gasteiger partial charge in [-0.3, -0.25) is 9.59 Å². The maximum atomic E-state index is 12.9. The summed E-state index contributed by atoms with van der Waals surface area (Å²) < 4.78 is 10.2. The van der Waals surface area contributed by atoms with Crippen LogP contribution in [0.25, 0.3) is 11.4 Å². The van der Waals surface area contributed by atoms with Crippen LogP contribution in [0.15, 0.2) is 28.8 Å². The summed E-state index contributed by atoms with van der Waals surface area (Å²) in [6, 6.07) is 6.78. The van der Waals surface area contributed by atoms with E-state index in [1.165, 1.54) is 0 Å². The van der Waals surface area contributed by atoms with E-state index in [2.05, 4.69) is 20.4 Å². The molecule has 0 radical (unpaired) electrons. The average molecular weight is 484 g/mol. The molecule has 0 saturated carbocycles. The molecule has 1 aromatic carbocycles. The third-order valence-electron chi connectivity index (χ3n) is 5.32. The van der Waals surface area contributed by atoms with E-state index in [4.69, 9.17) is 9.26 Å². The molecule has 2 aromatic heterocycles. The number of aryl methyl sites for hydroxylation is 2. The molecule has 0 unspecified atom stereocenters. The van der Waals surface area contributed by atoms with Gasteiger partial charge in [-0.15, -0.1) is 11.3 Å². The smallest absolute Gasteiger partial charge is 0.350 e. The number of nitrogens with zero attached hydrogens (tertiary/aromatic N) is 4. The number of esters is 1. The van der Waals surface area contributed by atoms with Crippen LogP contribution in [-0.2, 0) is 4.74 Å². The van der Waals surface area contributed by atoms with E-state index in [1.54, 1.807) is 43.0 Å². The number of benzene rings is 1. The second kappa shape index (κ2) is 10.1. The zero-order valence-electron chi connectivity index (χ0n) is 19.2. The lowest BCUT2D eigenvalue weighted by Gasteiger charge is -2.16. The second-order valence-electron chi connectivity index (χ2n) is 8.00. The van der Waals surface area contributed by atoms with Crippen LogP contribution in [0, 0.1) is 13.8 Å². The Kier molecular flexibility index (Phi) is 7.01. The van der Waals surface area contributed by atoms with Gasteiger partial charge in [0.05, 0.1) is 12.3 Å². The molecule has 1 aliphatic rings. The largest absolute Gasteiger partial charge is 0.461 e. The lowest BCUT2D eigenvalue weighted by molar-refractivity contribution is 0.0509. The number of rotatable bonds is 7. The minimum Gasteiger partial charge on any atom is -0.461 e. The highest BCUT2D eigenvalue weighted by molar-refractivity contribution is 7.15.